The standard InChI is InChI=1S/C24H30N2O4/c1-15-22(3)14-26-11-10-24(16-8-6-7-9-18(16)25-20(24)28)23(26,4)13-21(22,2)17(12-30-15)19(27)29-5/h6-9,12,15H,10-11,13-14H2,1-5H3,(H,25,28)/t15-,21+,22?,23?,24?/m0/s1. The molecule has 1 N–H and O–H groups in total. The van der Waals surface area contributed by atoms with Gasteiger partial charge in [0.15, 0.2) is 0 Å². The fourth-order valence-electron chi connectivity index (χ4n) is 6.98. The normalized spacial score (nSPS) is 42.0. The summed E-state index contributed by atoms with van der Waals surface area (Å²) < 4.78 is 11.1. The molecule has 4 aliphatic heterocycles. The van der Waals surface area contributed by atoms with Crippen LogP contribution in [0.15, 0.2) is 36.1 Å². The minimum atomic E-state index is -0.628. The number of esters is 1. The molecular formula is C24H30N2O4. The Balaban J connectivity index is 1.69. The Morgan fingerprint density at radius 2 is 2.00 bits per heavy atom. The number of nitrogens with one attached hydrogen (secondary N) is 1. The first-order valence-corrected chi connectivity index (χ1v) is 10.7. The maximum absolute atomic E-state index is 13.5. The molecule has 1 aromatic rings. The second-order valence-electron chi connectivity index (χ2n) is 10.1. The van der Waals surface area contributed by atoms with Crippen LogP contribution in [0.3, 0.4) is 0 Å². The summed E-state index contributed by atoms with van der Waals surface area (Å²) in [5.41, 5.74) is 0.728. The van der Waals surface area contributed by atoms with E-state index in [0.717, 1.165) is 30.8 Å². The van der Waals surface area contributed by atoms with E-state index in [4.69, 9.17) is 9.47 Å². The zero-order valence-corrected chi connectivity index (χ0v) is 18.4. The van der Waals surface area contributed by atoms with Crippen molar-refractivity contribution in [2.75, 3.05) is 25.5 Å². The Labute approximate surface area is 177 Å². The molecule has 1 amide bonds. The monoisotopic (exact) mass is 410 g/mol. The van der Waals surface area contributed by atoms with Gasteiger partial charge in [-0.05, 0) is 38.3 Å². The molecule has 1 spiro atoms. The third-order valence-electron chi connectivity index (χ3n) is 9.16. The molecule has 2 fully saturated rings. The molecule has 4 heterocycles. The van der Waals surface area contributed by atoms with E-state index in [0.29, 0.717) is 12.0 Å². The SMILES string of the molecule is COC(=O)C1=CO[C@@H](C)C2(C)CN3CCC4(C(=O)Nc5ccccc54)C3(C)C[C@]12C. The van der Waals surface area contributed by atoms with Crippen LogP contribution in [-0.4, -0.2) is 48.6 Å². The molecule has 160 valence electrons. The number of piperidine rings is 1. The van der Waals surface area contributed by atoms with Crippen molar-refractivity contribution < 1.29 is 19.1 Å². The average molecular weight is 411 g/mol. The van der Waals surface area contributed by atoms with E-state index in [1.807, 2.05) is 18.2 Å². The molecule has 6 nitrogen and oxygen atoms in total. The van der Waals surface area contributed by atoms with Gasteiger partial charge >= 0.3 is 5.97 Å². The molecule has 0 aromatic heterocycles. The Morgan fingerprint density at radius 1 is 1.27 bits per heavy atom. The summed E-state index contributed by atoms with van der Waals surface area (Å²) in [6.45, 7) is 10.3. The number of ether oxygens (including phenoxy) is 2. The predicted octanol–water partition coefficient (Wildman–Crippen LogP) is 3.23. The molecule has 1 aromatic carbocycles. The summed E-state index contributed by atoms with van der Waals surface area (Å²) in [5, 5.41) is 3.14. The van der Waals surface area contributed by atoms with Gasteiger partial charge in [-0.1, -0.05) is 32.0 Å². The number of hydrogen-bond acceptors (Lipinski definition) is 5. The molecule has 0 saturated carbocycles. The fraction of sp³-hybridized carbons (Fsp3) is 0.583. The molecule has 2 saturated heterocycles. The predicted molar refractivity (Wildman–Crippen MR) is 113 cm³/mol. The number of benzene rings is 1. The van der Waals surface area contributed by atoms with E-state index >= 15 is 0 Å². The van der Waals surface area contributed by atoms with Gasteiger partial charge in [-0.3, -0.25) is 9.69 Å². The van der Waals surface area contributed by atoms with E-state index in [-0.39, 0.29) is 23.4 Å². The average Bonchev–Trinajstić information content (AvgIpc) is 3.16. The molecule has 5 atom stereocenters. The number of amides is 1. The molecule has 0 aliphatic carbocycles. The summed E-state index contributed by atoms with van der Waals surface area (Å²) in [6, 6.07) is 8.04. The first-order chi connectivity index (χ1) is 14.1. The lowest BCUT2D eigenvalue weighted by molar-refractivity contribution is -0.165. The number of anilines is 1. The van der Waals surface area contributed by atoms with Crippen LogP contribution < -0.4 is 5.32 Å². The second-order valence-corrected chi connectivity index (χ2v) is 10.1. The molecule has 3 unspecified atom stereocenters. The number of nitrogens with zero attached hydrogens (tertiary/aromatic N) is 1. The van der Waals surface area contributed by atoms with Crippen LogP contribution in [-0.2, 0) is 24.5 Å². The molecular weight excluding hydrogens is 380 g/mol. The van der Waals surface area contributed by atoms with Gasteiger partial charge in [0.05, 0.1) is 24.4 Å². The fourth-order valence-corrected chi connectivity index (χ4v) is 6.98. The summed E-state index contributed by atoms with van der Waals surface area (Å²) in [7, 11) is 1.41. The number of fused-ring (bicyclic) bond motifs is 5. The summed E-state index contributed by atoms with van der Waals surface area (Å²) in [4.78, 5) is 28.8. The number of hydrogen-bond donors (Lipinski definition) is 1. The highest BCUT2D eigenvalue weighted by molar-refractivity contribution is 6.07. The van der Waals surface area contributed by atoms with Crippen LogP contribution in [0.2, 0.25) is 0 Å². The van der Waals surface area contributed by atoms with Gasteiger partial charge in [-0.15, -0.1) is 0 Å². The van der Waals surface area contributed by atoms with Crippen molar-refractivity contribution in [3.05, 3.63) is 41.7 Å². The van der Waals surface area contributed by atoms with Gasteiger partial charge in [0.25, 0.3) is 0 Å². The van der Waals surface area contributed by atoms with Crippen molar-refractivity contribution in [2.24, 2.45) is 10.8 Å². The van der Waals surface area contributed by atoms with Crippen molar-refractivity contribution in [1.82, 2.24) is 4.90 Å². The highest BCUT2D eigenvalue weighted by Gasteiger charge is 2.72. The lowest BCUT2D eigenvalue weighted by Crippen LogP contribution is -2.70. The molecule has 30 heavy (non-hydrogen) atoms. The Bertz CT molecular complexity index is 989. The van der Waals surface area contributed by atoms with E-state index in [2.05, 4.69) is 44.0 Å². The smallest absolute Gasteiger partial charge is 0.337 e. The number of rotatable bonds is 1. The first-order valence-electron chi connectivity index (χ1n) is 10.7. The van der Waals surface area contributed by atoms with Crippen LogP contribution in [0.5, 0.6) is 0 Å². The van der Waals surface area contributed by atoms with Gasteiger partial charge < -0.3 is 14.8 Å². The van der Waals surface area contributed by atoms with Gasteiger partial charge in [0.2, 0.25) is 5.91 Å². The van der Waals surface area contributed by atoms with E-state index in [1.165, 1.54) is 7.11 Å². The van der Waals surface area contributed by atoms with Crippen LogP contribution in [0, 0.1) is 10.8 Å². The maximum atomic E-state index is 13.5. The lowest BCUT2D eigenvalue weighted by atomic mass is 9.48. The maximum Gasteiger partial charge on any atom is 0.337 e. The third-order valence-corrected chi connectivity index (χ3v) is 9.16. The number of carbonyl (C=O) groups is 2. The molecule has 6 heteroatoms. The van der Waals surface area contributed by atoms with Crippen LogP contribution in [0.4, 0.5) is 5.69 Å². The Morgan fingerprint density at radius 3 is 2.73 bits per heavy atom. The second kappa shape index (κ2) is 5.88. The van der Waals surface area contributed by atoms with Gasteiger partial charge in [-0.2, -0.15) is 0 Å². The van der Waals surface area contributed by atoms with Crippen molar-refractivity contribution in [3.8, 4) is 0 Å². The minimum absolute atomic E-state index is 0.0540. The molecule has 0 bridgehead atoms. The Kier molecular flexibility index (Phi) is 3.84. The quantitative estimate of drug-likeness (QED) is 0.720. The number of carbonyl (C=O) groups excluding carboxylic acids is 2. The van der Waals surface area contributed by atoms with E-state index in [1.54, 1.807) is 6.26 Å². The Hall–Kier alpha value is -2.34. The van der Waals surface area contributed by atoms with E-state index < -0.39 is 16.4 Å². The van der Waals surface area contributed by atoms with Crippen LogP contribution >= 0.6 is 0 Å². The summed E-state index contributed by atoms with van der Waals surface area (Å²) in [5.74, 6) is -0.277. The van der Waals surface area contributed by atoms with Gasteiger partial charge in [-0.25, -0.2) is 4.79 Å². The van der Waals surface area contributed by atoms with Crippen molar-refractivity contribution >= 4 is 17.6 Å². The lowest BCUT2D eigenvalue weighted by Gasteiger charge is -2.63. The zero-order valence-electron chi connectivity index (χ0n) is 18.4. The highest BCUT2D eigenvalue weighted by Crippen LogP contribution is 2.66. The number of methoxy groups -OCH3 is 1. The highest BCUT2D eigenvalue weighted by atomic mass is 16.5. The molecule has 4 aliphatic rings. The number of para-hydroxylation sites is 1. The van der Waals surface area contributed by atoms with Crippen molar-refractivity contribution in [1.29, 1.82) is 0 Å². The topological polar surface area (TPSA) is 67.9 Å². The van der Waals surface area contributed by atoms with Crippen LogP contribution in [0.1, 0.15) is 46.1 Å². The van der Waals surface area contributed by atoms with Gasteiger partial charge in [0, 0.05) is 35.1 Å². The third kappa shape index (κ3) is 1.99. The minimum Gasteiger partial charge on any atom is -0.497 e. The zero-order chi connectivity index (χ0) is 21.5. The largest absolute Gasteiger partial charge is 0.497 e. The summed E-state index contributed by atoms with van der Waals surface area (Å²) >= 11 is 0. The van der Waals surface area contributed by atoms with Crippen LogP contribution in [0.25, 0.3) is 0 Å². The first kappa shape index (κ1) is 19.6. The molecule has 5 rings (SSSR count). The van der Waals surface area contributed by atoms with Crippen molar-refractivity contribution in [3.63, 3.8) is 0 Å². The van der Waals surface area contributed by atoms with Crippen molar-refractivity contribution in [2.45, 2.75) is 57.6 Å². The molecule has 0 radical (unpaired) electrons. The van der Waals surface area contributed by atoms with E-state index in [9.17, 15) is 9.59 Å². The summed E-state index contributed by atoms with van der Waals surface area (Å²) in [6.07, 6.45) is 2.99. The van der Waals surface area contributed by atoms with Gasteiger partial charge in [0.1, 0.15) is 6.10 Å².